The van der Waals surface area contributed by atoms with E-state index in [1.807, 2.05) is 13.0 Å². The van der Waals surface area contributed by atoms with Crippen LogP contribution in [0.15, 0.2) is 24.3 Å². The molecule has 2 aromatic rings. The van der Waals surface area contributed by atoms with Gasteiger partial charge >= 0.3 is 5.97 Å². The van der Waals surface area contributed by atoms with Crippen LogP contribution in [0.3, 0.4) is 0 Å². The molecule has 0 bridgehead atoms. The molecule has 118 valence electrons. The van der Waals surface area contributed by atoms with Gasteiger partial charge in [-0.3, -0.25) is 4.79 Å². The molecule has 1 heterocycles. The molecular weight excluding hydrogens is 304 g/mol. The van der Waals surface area contributed by atoms with Gasteiger partial charge in [0.1, 0.15) is 11.7 Å². The van der Waals surface area contributed by atoms with Crippen LogP contribution in [0.2, 0.25) is 5.02 Å². The first kappa shape index (κ1) is 16.4. The van der Waals surface area contributed by atoms with Gasteiger partial charge in [0.2, 0.25) is 0 Å². The van der Waals surface area contributed by atoms with E-state index in [-0.39, 0.29) is 5.92 Å². The summed E-state index contributed by atoms with van der Waals surface area (Å²) in [5.41, 5.74) is 1.27. The van der Waals surface area contributed by atoms with E-state index < -0.39 is 17.9 Å². The molecule has 2 rings (SSSR count). The van der Waals surface area contributed by atoms with Gasteiger partial charge in [0.05, 0.1) is 0 Å². The highest BCUT2D eigenvalue weighted by atomic mass is 35.5. The topological polar surface area (TPSA) is 71.3 Å². The molecule has 0 aliphatic carbocycles. The Balaban J connectivity index is 2.33. The number of carbonyl (C=O) groups is 2. The number of hydrogen-bond donors (Lipinski definition) is 2. The van der Waals surface area contributed by atoms with Crippen LogP contribution in [0.25, 0.3) is 10.9 Å². The molecule has 0 saturated carbocycles. The second kappa shape index (κ2) is 6.40. The molecule has 22 heavy (non-hydrogen) atoms. The van der Waals surface area contributed by atoms with Crippen LogP contribution in [0, 0.1) is 5.92 Å². The van der Waals surface area contributed by atoms with Gasteiger partial charge in [-0.05, 0) is 30.2 Å². The number of carbonyl (C=O) groups excluding carboxylic acids is 1. The van der Waals surface area contributed by atoms with E-state index in [2.05, 4.69) is 5.32 Å². The van der Waals surface area contributed by atoms with E-state index in [1.54, 1.807) is 36.7 Å². The Labute approximate surface area is 133 Å². The number of halogens is 1. The largest absolute Gasteiger partial charge is 0.480 e. The summed E-state index contributed by atoms with van der Waals surface area (Å²) in [4.78, 5) is 23.8. The van der Waals surface area contributed by atoms with Crippen molar-refractivity contribution in [3.05, 3.63) is 35.0 Å². The monoisotopic (exact) mass is 322 g/mol. The van der Waals surface area contributed by atoms with Gasteiger partial charge in [-0.15, -0.1) is 0 Å². The lowest BCUT2D eigenvalue weighted by Gasteiger charge is -2.20. The zero-order valence-corrected chi connectivity index (χ0v) is 13.5. The summed E-state index contributed by atoms with van der Waals surface area (Å²) in [6.07, 6.45) is 0.669. The fourth-order valence-electron chi connectivity index (χ4n) is 2.44. The maximum absolute atomic E-state index is 12.4. The Morgan fingerprint density at radius 1 is 1.36 bits per heavy atom. The molecule has 1 aromatic carbocycles. The Morgan fingerprint density at radius 3 is 2.64 bits per heavy atom. The molecule has 0 fully saturated rings. The predicted octanol–water partition coefficient (Wildman–Crippen LogP) is 3.06. The lowest BCUT2D eigenvalue weighted by Crippen LogP contribution is -2.45. The van der Waals surface area contributed by atoms with Crippen molar-refractivity contribution in [2.24, 2.45) is 13.0 Å². The molecule has 0 aliphatic rings. The molecule has 5 nitrogen and oxygen atoms in total. The van der Waals surface area contributed by atoms with Crippen molar-refractivity contribution in [3.63, 3.8) is 0 Å². The van der Waals surface area contributed by atoms with Gasteiger partial charge in [0.15, 0.2) is 0 Å². The summed E-state index contributed by atoms with van der Waals surface area (Å²) in [6.45, 7) is 3.70. The quantitative estimate of drug-likeness (QED) is 0.888. The van der Waals surface area contributed by atoms with E-state index in [9.17, 15) is 14.7 Å². The molecule has 0 aliphatic heterocycles. The van der Waals surface area contributed by atoms with Gasteiger partial charge in [0.25, 0.3) is 5.91 Å². The summed E-state index contributed by atoms with van der Waals surface area (Å²) in [6, 6.07) is 6.17. The van der Waals surface area contributed by atoms with Crippen molar-refractivity contribution >= 4 is 34.4 Å². The number of carboxylic acids is 1. The standard InChI is InChI=1S/C16H19ClN2O3/c1-4-9(2)14(16(21)22)18-15(20)13-8-10-7-11(17)5-6-12(10)19(13)3/h5-9,14H,4H2,1-3H3,(H,18,20)(H,21,22)/t9-,14+/m1/s1. The van der Waals surface area contributed by atoms with E-state index in [0.29, 0.717) is 17.1 Å². The molecule has 1 amide bonds. The second-order valence-corrected chi connectivity index (χ2v) is 5.90. The van der Waals surface area contributed by atoms with E-state index >= 15 is 0 Å². The average Bonchev–Trinajstić information content (AvgIpc) is 2.79. The number of carboxylic acid groups (broad SMARTS) is 1. The van der Waals surface area contributed by atoms with Crippen LogP contribution in [0.5, 0.6) is 0 Å². The number of aliphatic carboxylic acids is 1. The molecule has 0 spiro atoms. The van der Waals surface area contributed by atoms with E-state index in [0.717, 1.165) is 10.9 Å². The van der Waals surface area contributed by atoms with Gasteiger partial charge in [-0.25, -0.2) is 4.79 Å². The minimum atomic E-state index is -1.02. The molecule has 2 atom stereocenters. The minimum Gasteiger partial charge on any atom is -0.480 e. The molecule has 0 unspecified atom stereocenters. The highest BCUT2D eigenvalue weighted by molar-refractivity contribution is 6.31. The third-order valence-electron chi connectivity index (χ3n) is 4.00. The van der Waals surface area contributed by atoms with Crippen LogP contribution in [0.4, 0.5) is 0 Å². The number of benzene rings is 1. The fourth-order valence-corrected chi connectivity index (χ4v) is 2.62. The first-order chi connectivity index (χ1) is 10.3. The van der Waals surface area contributed by atoms with Gasteiger partial charge in [0, 0.05) is 23.0 Å². The van der Waals surface area contributed by atoms with Crippen LogP contribution in [-0.2, 0) is 11.8 Å². The number of nitrogens with one attached hydrogen (secondary N) is 1. The number of fused-ring (bicyclic) bond motifs is 1. The van der Waals surface area contributed by atoms with Crippen LogP contribution < -0.4 is 5.32 Å². The molecular formula is C16H19ClN2O3. The fraction of sp³-hybridized carbons (Fsp3) is 0.375. The van der Waals surface area contributed by atoms with Crippen LogP contribution in [-0.4, -0.2) is 27.6 Å². The summed E-state index contributed by atoms with van der Waals surface area (Å²) < 4.78 is 1.73. The third-order valence-corrected chi connectivity index (χ3v) is 4.24. The number of hydrogen-bond acceptors (Lipinski definition) is 2. The number of aromatic nitrogens is 1. The number of rotatable bonds is 5. The van der Waals surface area contributed by atoms with Crippen molar-refractivity contribution in [1.29, 1.82) is 0 Å². The van der Waals surface area contributed by atoms with Crippen molar-refractivity contribution < 1.29 is 14.7 Å². The normalized spacial score (nSPS) is 13.8. The van der Waals surface area contributed by atoms with E-state index in [4.69, 9.17) is 11.6 Å². The smallest absolute Gasteiger partial charge is 0.326 e. The van der Waals surface area contributed by atoms with Gasteiger partial charge < -0.3 is 15.0 Å². The molecule has 6 heteroatoms. The first-order valence-electron chi connectivity index (χ1n) is 7.13. The summed E-state index contributed by atoms with van der Waals surface area (Å²) in [7, 11) is 1.77. The maximum Gasteiger partial charge on any atom is 0.326 e. The van der Waals surface area contributed by atoms with Crippen molar-refractivity contribution in [3.8, 4) is 0 Å². The first-order valence-corrected chi connectivity index (χ1v) is 7.51. The van der Waals surface area contributed by atoms with Gasteiger partial charge in [-0.1, -0.05) is 31.9 Å². The maximum atomic E-state index is 12.4. The molecule has 2 N–H and O–H groups in total. The van der Waals surface area contributed by atoms with E-state index in [1.165, 1.54) is 0 Å². The SMILES string of the molecule is CC[C@@H](C)[C@H](NC(=O)c1cc2cc(Cl)ccc2n1C)C(=O)O. The third kappa shape index (κ3) is 3.09. The lowest BCUT2D eigenvalue weighted by molar-refractivity contribution is -0.140. The number of aryl methyl sites for hydroxylation is 1. The Morgan fingerprint density at radius 2 is 2.05 bits per heavy atom. The summed E-state index contributed by atoms with van der Waals surface area (Å²) >= 11 is 5.96. The molecule has 0 saturated heterocycles. The summed E-state index contributed by atoms with van der Waals surface area (Å²) in [5.74, 6) is -1.57. The van der Waals surface area contributed by atoms with Crippen LogP contribution >= 0.6 is 11.6 Å². The zero-order valence-electron chi connectivity index (χ0n) is 12.8. The highest BCUT2D eigenvalue weighted by Gasteiger charge is 2.26. The zero-order chi connectivity index (χ0) is 16.4. The average molecular weight is 323 g/mol. The van der Waals surface area contributed by atoms with Crippen molar-refractivity contribution in [2.75, 3.05) is 0 Å². The number of amides is 1. The van der Waals surface area contributed by atoms with Gasteiger partial charge in [-0.2, -0.15) is 0 Å². The summed E-state index contributed by atoms with van der Waals surface area (Å²) in [5, 5.41) is 13.3. The highest BCUT2D eigenvalue weighted by Crippen LogP contribution is 2.23. The number of nitrogens with zero attached hydrogens (tertiary/aromatic N) is 1. The minimum absolute atomic E-state index is 0.148. The Kier molecular flexibility index (Phi) is 4.76. The Hall–Kier alpha value is -2.01. The lowest BCUT2D eigenvalue weighted by atomic mass is 9.99. The van der Waals surface area contributed by atoms with Crippen LogP contribution in [0.1, 0.15) is 30.8 Å². The second-order valence-electron chi connectivity index (χ2n) is 5.47. The van der Waals surface area contributed by atoms with Crippen molar-refractivity contribution in [1.82, 2.24) is 9.88 Å². The predicted molar refractivity (Wildman–Crippen MR) is 86.3 cm³/mol. The Bertz CT molecular complexity index is 723. The van der Waals surface area contributed by atoms with Crippen molar-refractivity contribution in [2.45, 2.75) is 26.3 Å². The molecule has 0 radical (unpaired) electrons. The molecule has 1 aromatic heterocycles.